The minimum atomic E-state index is 0.596. The van der Waals surface area contributed by atoms with Gasteiger partial charge in [-0.2, -0.15) is 0 Å². The van der Waals surface area contributed by atoms with Crippen LogP contribution in [0.5, 0.6) is 0 Å². The molecule has 2 rings (SSSR count). The van der Waals surface area contributed by atoms with Crippen molar-refractivity contribution in [2.75, 3.05) is 5.88 Å². The number of H-pyrrole nitrogens is 1. The van der Waals surface area contributed by atoms with E-state index in [0.29, 0.717) is 5.88 Å². The number of aryl methyl sites for hydroxylation is 4. The number of halogens is 1. The number of rotatable bonds is 3. The summed E-state index contributed by atoms with van der Waals surface area (Å²) in [6, 6.07) is 4.40. The molecule has 0 fully saturated rings. The van der Waals surface area contributed by atoms with Crippen LogP contribution < -0.4 is 0 Å². The molecule has 17 heavy (non-hydrogen) atoms. The molecule has 1 heterocycles. The van der Waals surface area contributed by atoms with Gasteiger partial charge in [-0.3, -0.25) is 0 Å². The standard InChI is InChI=1S/C14H17ClN2/c1-9-6-10(2)14(11(3)7-9)12-8-16-13(17-12)4-5-15/h6-8H,4-5H2,1-3H3,(H,16,17). The Kier molecular flexibility index (Phi) is 3.53. The summed E-state index contributed by atoms with van der Waals surface area (Å²) < 4.78 is 0. The van der Waals surface area contributed by atoms with Crippen molar-refractivity contribution < 1.29 is 0 Å². The summed E-state index contributed by atoms with van der Waals surface area (Å²) in [7, 11) is 0. The maximum absolute atomic E-state index is 5.71. The molecule has 1 N–H and O–H groups in total. The van der Waals surface area contributed by atoms with E-state index in [0.717, 1.165) is 17.9 Å². The Morgan fingerprint density at radius 3 is 2.41 bits per heavy atom. The fourth-order valence-corrected chi connectivity index (χ4v) is 2.49. The van der Waals surface area contributed by atoms with Crippen molar-refractivity contribution in [2.24, 2.45) is 0 Å². The first kappa shape index (κ1) is 12.2. The van der Waals surface area contributed by atoms with Crippen molar-refractivity contribution in [3.05, 3.63) is 40.8 Å². The van der Waals surface area contributed by atoms with Crippen LogP contribution in [0, 0.1) is 20.8 Å². The van der Waals surface area contributed by atoms with Gasteiger partial charge in [-0.25, -0.2) is 4.98 Å². The summed E-state index contributed by atoms with van der Waals surface area (Å²) >= 11 is 5.71. The summed E-state index contributed by atoms with van der Waals surface area (Å²) in [5.41, 5.74) is 6.19. The third-order valence-corrected chi connectivity index (χ3v) is 3.10. The lowest BCUT2D eigenvalue weighted by Crippen LogP contribution is -1.92. The minimum Gasteiger partial charge on any atom is -0.342 e. The van der Waals surface area contributed by atoms with Crippen LogP contribution in [-0.4, -0.2) is 15.8 Å². The number of nitrogens with one attached hydrogen (secondary N) is 1. The fraction of sp³-hybridized carbons (Fsp3) is 0.357. The highest BCUT2D eigenvalue weighted by atomic mass is 35.5. The Bertz CT molecular complexity index is 506. The number of nitrogens with zero attached hydrogens (tertiary/aromatic N) is 1. The van der Waals surface area contributed by atoms with Gasteiger partial charge in [0, 0.05) is 17.9 Å². The maximum Gasteiger partial charge on any atom is 0.107 e. The Labute approximate surface area is 107 Å². The number of hydrogen-bond acceptors (Lipinski definition) is 1. The van der Waals surface area contributed by atoms with Gasteiger partial charge in [0.05, 0.1) is 11.9 Å². The second-order valence-corrected chi connectivity index (χ2v) is 4.83. The topological polar surface area (TPSA) is 28.7 Å². The van der Waals surface area contributed by atoms with Gasteiger partial charge in [0.15, 0.2) is 0 Å². The molecular formula is C14H17ClN2. The van der Waals surface area contributed by atoms with E-state index in [1.807, 2.05) is 6.20 Å². The molecule has 90 valence electrons. The van der Waals surface area contributed by atoms with E-state index in [1.54, 1.807) is 0 Å². The summed E-state index contributed by atoms with van der Waals surface area (Å²) in [5.74, 6) is 1.55. The largest absolute Gasteiger partial charge is 0.342 e. The van der Waals surface area contributed by atoms with E-state index in [-0.39, 0.29) is 0 Å². The summed E-state index contributed by atoms with van der Waals surface area (Å²) in [5, 5.41) is 0. The molecule has 0 spiro atoms. The lowest BCUT2D eigenvalue weighted by atomic mass is 9.98. The molecular weight excluding hydrogens is 232 g/mol. The second kappa shape index (κ2) is 4.92. The third-order valence-electron chi connectivity index (χ3n) is 2.91. The zero-order valence-electron chi connectivity index (χ0n) is 10.5. The molecule has 2 aromatic rings. The van der Waals surface area contributed by atoms with Crippen molar-refractivity contribution in [1.82, 2.24) is 9.97 Å². The molecule has 0 radical (unpaired) electrons. The van der Waals surface area contributed by atoms with E-state index >= 15 is 0 Å². The van der Waals surface area contributed by atoms with Gasteiger partial charge < -0.3 is 4.98 Å². The summed E-state index contributed by atoms with van der Waals surface area (Å²) in [6.45, 7) is 6.39. The molecule has 1 aromatic heterocycles. The van der Waals surface area contributed by atoms with Crippen molar-refractivity contribution >= 4 is 11.6 Å². The quantitative estimate of drug-likeness (QED) is 0.823. The first-order valence-corrected chi connectivity index (χ1v) is 6.33. The van der Waals surface area contributed by atoms with E-state index in [9.17, 15) is 0 Å². The number of aromatic nitrogens is 2. The van der Waals surface area contributed by atoms with Crippen molar-refractivity contribution in [2.45, 2.75) is 27.2 Å². The lowest BCUT2D eigenvalue weighted by molar-refractivity contribution is 0.996. The van der Waals surface area contributed by atoms with Gasteiger partial charge >= 0.3 is 0 Å². The molecule has 0 aliphatic carbocycles. The van der Waals surface area contributed by atoms with Crippen LogP contribution >= 0.6 is 11.6 Å². The van der Waals surface area contributed by atoms with Crippen molar-refractivity contribution in [3.63, 3.8) is 0 Å². The van der Waals surface area contributed by atoms with Gasteiger partial charge in [0.2, 0.25) is 0 Å². The number of hydrogen-bond donors (Lipinski definition) is 1. The lowest BCUT2D eigenvalue weighted by Gasteiger charge is -2.09. The molecule has 0 bridgehead atoms. The molecule has 0 aliphatic heterocycles. The van der Waals surface area contributed by atoms with Crippen LogP contribution in [-0.2, 0) is 6.42 Å². The van der Waals surface area contributed by atoms with E-state index in [4.69, 9.17) is 11.6 Å². The first-order chi connectivity index (χ1) is 8.11. The van der Waals surface area contributed by atoms with Crippen LogP contribution in [0.3, 0.4) is 0 Å². The zero-order chi connectivity index (χ0) is 12.4. The number of imidazole rings is 1. The molecule has 0 unspecified atom stereocenters. The molecule has 0 amide bonds. The molecule has 0 saturated carbocycles. The predicted molar refractivity (Wildman–Crippen MR) is 72.7 cm³/mol. The molecule has 0 aliphatic rings. The van der Waals surface area contributed by atoms with E-state index in [1.165, 1.54) is 22.3 Å². The molecule has 1 aromatic carbocycles. The van der Waals surface area contributed by atoms with Gasteiger partial charge in [-0.05, 0) is 31.9 Å². The van der Waals surface area contributed by atoms with Crippen LogP contribution in [0.4, 0.5) is 0 Å². The highest BCUT2D eigenvalue weighted by molar-refractivity contribution is 6.17. The summed E-state index contributed by atoms with van der Waals surface area (Å²) in [6.07, 6.45) is 2.68. The summed E-state index contributed by atoms with van der Waals surface area (Å²) in [4.78, 5) is 7.68. The number of aromatic amines is 1. The SMILES string of the molecule is Cc1cc(C)c(-c2cnc(CCCl)[nH]2)c(C)c1. The smallest absolute Gasteiger partial charge is 0.107 e. The Balaban J connectivity index is 2.45. The Morgan fingerprint density at radius 1 is 1.18 bits per heavy atom. The maximum atomic E-state index is 5.71. The average Bonchev–Trinajstić information content (AvgIpc) is 2.65. The van der Waals surface area contributed by atoms with Crippen LogP contribution in [0.15, 0.2) is 18.3 Å². The van der Waals surface area contributed by atoms with E-state index in [2.05, 4.69) is 42.9 Å². The highest BCUT2D eigenvalue weighted by Crippen LogP contribution is 2.26. The molecule has 0 atom stereocenters. The number of benzene rings is 1. The monoisotopic (exact) mass is 248 g/mol. The fourth-order valence-electron chi connectivity index (χ4n) is 2.31. The second-order valence-electron chi connectivity index (χ2n) is 4.46. The van der Waals surface area contributed by atoms with Gasteiger partial charge in [-0.1, -0.05) is 17.7 Å². The van der Waals surface area contributed by atoms with Crippen molar-refractivity contribution in [1.29, 1.82) is 0 Å². The zero-order valence-corrected chi connectivity index (χ0v) is 11.2. The predicted octanol–water partition coefficient (Wildman–Crippen LogP) is 3.78. The van der Waals surface area contributed by atoms with Crippen LogP contribution in [0.1, 0.15) is 22.5 Å². The highest BCUT2D eigenvalue weighted by Gasteiger charge is 2.09. The molecule has 3 heteroatoms. The van der Waals surface area contributed by atoms with Crippen LogP contribution in [0.2, 0.25) is 0 Å². The van der Waals surface area contributed by atoms with Crippen molar-refractivity contribution in [3.8, 4) is 11.3 Å². The average molecular weight is 249 g/mol. The number of alkyl halides is 1. The Hall–Kier alpha value is -1.28. The first-order valence-electron chi connectivity index (χ1n) is 5.80. The normalized spacial score (nSPS) is 10.8. The van der Waals surface area contributed by atoms with Gasteiger partial charge in [0.1, 0.15) is 5.82 Å². The van der Waals surface area contributed by atoms with Gasteiger partial charge in [0.25, 0.3) is 0 Å². The Morgan fingerprint density at radius 2 is 1.82 bits per heavy atom. The van der Waals surface area contributed by atoms with Crippen LogP contribution in [0.25, 0.3) is 11.3 Å². The third kappa shape index (κ3) is 2.52. The molecule has 0 saturated heterocycles. The van der Waals surface area contributed by atoms with Gasteiger partial charge in [-0.15, -0.1) is 11.6 Å². The van der Waals surface area contributed by atoms with E-state index < -0.39 is 0 Å². The molecule has 2 nitrogen and oxygen atoms in total. The minimum absolute atomic E-state index is 0.596.